The van der Waals surface area contributed by atoms with Crippen molar-refractivity contribution in [3.05, 3.63) is 11.8 Å². The van der Waals surface area contributed by atoms with Crippen molar-refractivity contribution in [2.45, 2.75) is 45.6 Å². The number of nitrogens with zero attached hydrogens (tertiary/aromatic N) is 4. The molecule has 0 aromatic carbocycles. The van der Waals surface area contributed by atoms with Crippen LogP contribution in [0.5, 0.6) is 0 Å². The van der Waals surface area contributed by atoms with E-state index in [9.17, 15) is 4.79 Å². The predicted octanol–water partition coefficient (Wildman–Crippen LogP) is 2.93. The molecule has 0 bridgehead atoms. The minimum absolute atomic E-state index is 0.0828. The summed E-state index contributed by atoms with van der Waals surface area (Å²) in [6, 6.07) is 4.46. The molecule has 1 saturated carbocycles. The van der Waals surface area contributed by atoms with Gasteiger partial charge >= 0.3 is 6.03 Å². The zero-order chi connectivity index (χ0) is 15.7. The summed E-state index contributed by atoms with van der Waals surface area (Å²) in [6.07, 6.45) is 4.02. The van der Waals surface area contributed by atoms with Crippen LogP contribution in [0.2, 0.25) is 0 Å². The lowest BCUT2D eigenvalue weighted by Crippen LogP contribution is -2.41. The normalized spacial score (nSPS) is 20.5. The molecule has 0 spiro atoms. The average molecular weight is 301 g/mol. The topological polar surface area (TPSA) is 74.0 Å². The number of carbonyl (C=O) groups excluding carboxylic acids is 1. The van der Waals surface area contributed by atoms with Crippen LogP contribution in [-0.4, -0.2) is 33.8 Å². The molecule has 118 valence electrons. The third kappa shape index (κ3) is 3.08. The standard InChI is InChI=1S/C16H23N5O/c1-11-9-15(21(19-11)12(2)14-3-4-14)18-16(22)20-7-5-13(10-17)6-8-20/h9,12-14H,3-8H2,1-2H3,(H,18,22)/t12-/m0/s1. The van der Waals surface area contributed by atoms with Crippen molar-refractivity contribution < 1.29 is 4.79 Å². The molecule has 1 aromatic heterocycles. The number of amides is 2. The zero-order valence-corrected chi connectivity index (χ0v) is 13.2. The Labute approximate surface area is 131 Å². The summed E-state index contributed by atoms with van der Waals surface area (Å²) < 4.78 is 1.95. The van der Waals surface area contributed by atoms with Crippen LogP contribution in [0.25, 0.3) is 0 Å². The smallest absolute Gasteiger partial charge is 0.323 e. The van der Waals surface area contributed by atoms with Gasteiger partial charge in [-0.05, 0) is 45.4 Å². The lowest BCUT2D eigenvalue weighted by molar-refractivity contribution is 0.191. The lowest BCUT2D eigenvalue weighted by Gasteiger charge is -2.29. The molecule has 0 radical (unpaired) electrons. The number of piperidine rings is 1. The molecule has 2 heterocycles. The minimum Gasteiger partial charge on any atom is -0.324 e. The van der Waals surface area contributed by atoms with Crippen molar-refractivity contribution >= 4 is 11.8 Å². The molecule has 3 rings (SSSR count). The first kappa shape index (κ1) is 14.9. The second kappa shape index (κ2) is 5.99. The van der Waals surface area contributed by atoms with E-state index in [0.717, 1.165) is 24.4 Å². The van der Waals surface area contributed by atoms with Gasteiger partial charge in [0.25, 0.3) is 0 Å². The SMILES string of the molecule is Cc1cc(NC(=O)N2CCC(C#N)CC2)n([C@@H](C)C2CC2)n1. The molecule has 1 saturated heterocycles. The van der Waals surface area contributed by atoms with Gasteiger partial charge in [0.15, 0.2) is 0 Å². The fourth-order valence-corrected chi connectivity index (χ4v) is 3.10. The summed E-state index contributed by atoms with van der Waals surface area (Å²) in [5.41, 5.74) is 0.922. The molecule has 2 aliphatic rings. The van der Waals surface area contributed by atoms with Gasteiger partial charge in [0, 0.05) is 25.1 Å². The Morgan fingerprint density at radius 1 is 1.41 bits per heavy atom. The molecule has 2 fully saturated rings. The molecule has 1 N–H and O–H groups in total. The van der Waals surface area contributed by atoms with Crippen LogP contribution in [0.15, 0.2) is 6.07 Å². The third-order valence-corrected chi connectivity index (χ3v) is 4.75. The molecule has 2 amide bonds. The summed E-state index contributed by atoms with van der Waals surface area (Å²) in [5, 5.41) is 16.5. The van der Waals surface area contributed by atoms with E-state index in [0.29, 0.717) is 25.0 Å². The van der Waals surface area contributed by atoms with Gasteiger partial charge in [-0.1, -0.05) is 0 Å². The molecule has 0 unspecified atom stereocenters. The molecular weight excluding hydrogens is 278 g/mol. The van der Waals surface area contributed by atoms with Gasteiger partial charge in [0.2, 0.25) is 0 Å². The number of aromatic nitrogens is 2. The van der Waals surface area contributed by atoms with Crippen molar-refractivity contribution in [3.63, 3.8) is 0 Å². The number of rotatable bonds is 3. The number of likely N-dealkylation sites (tertiary alicyclic amines) is 1. The first-order valence-electron chi connectivity index (χ1n) is 8.10. The van der Waals surface area contributed by atoms with Crippen LogP contribution in [0.1, 0.15) is 44.3 Å². The number of anilines is 1. The van der Waals surface area contributed by atoms with Crippen LogP contribution >= 0.6 is 0 Å². The van der Waals surface area contributed by atoms with E-state index in [-0.39, 0.29) is 11.9 Å². The number of hydrogen-bond donors (Lipinski definition) is 1. The van der Waals surface area contributed by atoms with E-state index in [1.54, 1.807) is 4.90 Å². The summed E-state index contributed by atoms with van der Waals surface area (Å²) in [7, 11) is 0. The van der Waals surface area contributed by atoms with E-state index in [1.807, 2.05) is 17.7 Å². The molecule has 1 atom stereocenters. The quantitative estimate of drug-likeness (QED) is 0.932. The van der Waals surface area contributed by atoms with Crippen molar-refractivity contribution in [1.29, 1.82) is 5.26 Å². The van der Waals surface area contributed by atoms with Gasteiger partial charge in [-0.2, -0.15) is 10.4 Å². The Hall–Kier alpha value is -2.03. The first-order chi connectivity index (χ1) is 10.6. The van der Waals surface area contributed by atoms with Crippen LogP contribution in [-0.2, 0) is 0 Å². The number of hydrogen-bond acceptors (Lipinski definition) is 3. The monoisotopic (exact) mass is 301 g/mol. The summed E-state index contributed by atoms with van der Waals surface area (Å²) >= 11 is 0. The van der Waals surface area contributed by atoms with E-state index >= 15 is 0 Å². The maximum atomic E-state index is 12.4. The Bertz CT molecular complexity index is 590. The van der Waals surface area contributed by atoms with Gasteiger partial charge in [-0.15, -0.1) is 0 Å². The highest BCUT2D eigenvalue weighted by molar-refractivity contribution is 5.88. The third-order valence-electron chi connectivity index (χ3n) is 4.75. The molecular formula is C16H23N5O. The van der Waals surface area contributed by atoms with Crippen molar-refractivity contribution in [1.82, 2.24) is 14.7 Å². The van der Waals surface area contributed by atoms with E-state index in [2.05, 4.69) is 23.4 Å². The molecule has 1 aliphatic heterocycles. The Balaban J connectivity index is 1.65. The summed E-state index contributed by atoms with van der Waals surface area (Å²) in [4.78, 5) is 14.2. The molecule has 1 aliphatic carbocycles. The fraction of sp³-hybridized carbons (Fsp3) is 0.688. The predicted molar refractivity (Wildman–Crippen MR) is 83.3 cm³/mol. The Morgan fingerprint density at radius 2 is 2.09 bits per heavy atom. The first-order valence-corrected chi connectivity index (χ1v) is 8.10. The van der Waals surface area contributed by atoms with Gasteiger partial charge in [0.05, 0.1) is 17.8 Å². The Kier molecular flexibility index (Phi) is 4.06. The summed E-state index contributed by atoms with van der Waals surface area (Å²) in [6.45, 7) is 5.41. The Morgan fingerprint density at radius 3 is 2.68 bits per heavy atom. The largest absolute Gasteiger partial charge is 0.324 e. The van der Waals surface area contributed by atoms with Crippen molar-refractivity contribution in [2.24, 2.45) is 11.8 Å². The molecule has 1 aromatic rings. The van der Waals surface area contributed by atoms with Crippen LogP contribution in [0.3, 0.4) is 0 Å². The zero-order valence-electron chi connectivity index (χ0n) is 13.2. The van der Waals surface area contributed by atoms with E-state index < -0.39 is 0 Å². The highest BCUT2D eigenvalue weighted by Crippen LogP contribution is 2.40. The van der Waals surface area contributed by atoms with Crippen LogP contribution < -0.4 is 5.32 Å². The molecule has 6 nitrogen and oxygen atoms in total. The second-order valence-electron chi connectivity index (χ2n) is 6.51. The second-order valence-corrected chi connectivity index (χ2v) is 6.51. The number of carbonyl (C=O) groups is 1. The maximum Gasteiger partial charge on any atom is 0.323 e. The number of nitrogens with one attached hydrogen (secondary N) is 1. The minimum atomic E-state index is -0.0828. The van der Waals surface area contributed by atoms with Gasteiger partial charge in [0.1, 0.15) is 5.82 Å². The fourth-order valence-electron chi connectivity index (χ4n) is 3.10. The van der Waals surface area contributed by atoms with Gasteiger partial charge < -0.3 is 4.90 Å². The maximum absolute atomic E-state index is 12.4. The highest BCUT2D eigenvalue weighted by atomic mass is 16.2. The van der Waals surface area contributed by atoms with E-state index in [1.165, 1.54) is 12.8 Å². The average Bonchev–Trinajstić information content (AvgIpc) is 3.31. The van der Waals surface area contributed by atoms with E-state index in [4.69, 9.17) is 5.26 Å². The number of nitriles is 1. The van der Waals surface area contributed by atoms with Crippen molar-refractivity contribution in [2.75, 3.05) is 18.4 Å². The summed E-state index contributed by atoms with van der Waals surface area (Å²) in [5.74, 6) is 1.55. The molecule has 6 heteroatoms. The highest BCUT2D eigenvalue weighted by Gasteiger charge is 2.31. The van der Waals surface area contributed by atoms with Crippen LogP contribution in [0.4, 0.5) is 10.6 Å². The number of urea groups is 1. The lowest BCUT2D eigenvalue weighted by atomic mass is 9.99. The van der Waals surface area contributed by atoms with Crippen LogP contribution in [0, 0.1) is 30.1 Å². The molecule has 22 heavy (non-hydrogen) atoms. The van der Waals surface area contributed by atoms with Crippen molar-refractivity contribution in [3.8, 4) is 6.07 Å². The van der Waals surface area contributed by atoms with Gasteiger partial charge in [-0.3, -0.25) is 5.32 Å². The van der Waals surface area contributed by atoms with Gasteiger partial charge in [-0.25, -0.2) is 9.48 Å². The number of aryl methyl sites for hydroxylation is 1.